The van der Waals surface area contributed by atoms with E-state index in [1.807, 2.05) is 0 Å². The first-order chi connectivity index (χ1) is 12.4. The van der Waals surface area contributed by atoms with E-state index >= 15 is 0 Å². The number of nitrogens with one attached hydrogen (secondary N) is 1. The molecule has 1 aliphatic heterocycles. The SMILES string of the molecule is O=C(Nc1nc2c(s1)CCC2)[C@@H]1CCCN1S(=O)(=O)c1ccc(Cl)cc1. The van der Waals surface area contributed by atoms with Crippen molar-refractivity contribution in [2.75, 3.05) is 11.9 Å². The Bertz CT molecular complexity index is 919. The third-order valence-corrected chi connectivity index (χ3v) is 8.00. The first kappa shape index (κ1) is 17.9. The molecule has 1 fully saturated rings. The van der Waals surface area contributed by atoms with Gasteiger partial charge in [0.2, 0.25) is 15.9 Å². The number of aromatic nitrogens is 1. The minimum atomic E-state index is -3.74. The topological polar surface area (TPSA) is 79.4 Å². The predicted octanol–water partition coefficient (Wildman–Crippen LogP) is 3.08. The molecule has 1 amide bonds. The van der Waals surface area contributed by atoms with E-state index in [-0.39, 0.29) is 10.8 Å². The van der Waals surface area contributed by atoms with Crippen LogP contribution in [0, 0.1) is 0 Å². The lowest BCUT2D eigenvalue weighted by Gasteiger charge is -2.23. The normalized spacial score (nSPS) is 20.3. The lowest BCUT2D eigenvalue weighted by molar-refractivity contribution is -0.119. The molecule has 1 N–H and O–H groups in total. The van der Waals surface area contributed by atoms with Crippen molar-refractivity contribution in [2.45, 2.75) is 43.0 Å². The van der Waals surface area contributed by atoms with Crippen molar-refractivity contribution in [1.82, 2.24) is 9.29 Å². The molecule has 1 aromatic carbocycles. The van der Waals surface area contributed by atoms with Gasteiger partial charge in [0, 0.05) is 16.4 Å². The van der Waals surface area contributed by atoms with Gasteiger partial charge in [0.1, 0.15) is 6.04 Å². The van der Waals surface area contributed by atoms with Crippen LogP contribution in [0.2, 0.25) is 5.02 Å². The molecule has 2 aliphatic rings. The fraction of sp³-hybridized carbons (Fsp3) is 0.412. The summed E-state index contributed by atoms with van der Waals surface area (Å²) >= 11 is 7.33. The van der Waals surface area contributed by atoms with E-state index in [1.54, 1.807) is 0 Å². The predicted molar refractivity (Wildman–Crippen MR) is 101 cm³/mol. The maximum absolute atomic E-state index is 12.9. The first-order valence-corrected chi connectivity index (χ1v) is 11.2. The summed E-state index contributed by atoms with van der Waals surface area (Å²) in [6, 6.07) is 5.30. The molecule has 1 aromatic heterocycles. The zero-order valence-electron chi connectivity index (χ0n) is 13.9. The highest BCUT2D eigenvalue weighted by Crippen LogP contribution is 2.32. The number of fused-ring (bicyclic) bond motifs is 1. The number of halogens is 1. The minimum Gasteiger partial charge on any atom is -0.301 e. The van der Waals surface area contributed by atoms with E-state index in [0.717, 1.165) is 25.0 Å². The van der Waals surface area contributed by atoms with Crippen LogP contribution in [0.3, 0.4) is 0 Å². The molecule has 26 heavy (non-hydrogen) atoms. The van der Waals surface area contributed by atoms with Crippen molar-refractivity contribution in [3.05, 3.63) is 39.9 Å². The molecular weight excluding hydrogens is 394 g/mol. The summed E-state index contributed by atoms with van der Waals surface area (Å²) in [5.41, 5.74) is 1.06. The molecule has 0 bridgehead atoms. The van der Waals surface area contributed by atoms with E-state index < -0.39 is 16.1 Å². The van der Waals surface area contributed by atoms with Gasteiger partial charge in [-0.05, 0) is 56.4 Å². The number of thiazole rings is 1. The third kappa shape index (κ3) is 3.26. The van der Waals surface area contributed by atoms with Crippen LogP contribution in [0.1, 0.15) is 29.8 Å². The lowest BCUT2D eigenvalue weighted by atomic mass is 10.2. The van der Waals surface area contributed by atoms with E-state index in [2.05, 4.69) is 10.3 Å². The quantitative estimate of drug-likeness (QED) is 0.838. The third-order valence-electron chi connectivity index (χ3n) is 4.75. The molecule has 9 heteroatoms. The number of aryl methyl sites for hydroxylation is 2. The van der Waals surface area contributed by atoms with Crippen molar-refractivity contribution in [2.24, 2.45) is 0 Å². The Balaban J connectivity index is 1.53. The first-order valence-electron chi connectivity index (χ1n) is 8.52. The molecule has 0 spiro atoms. The van der Waals surface area contributed by atoms with Crippen LogP contribution in [-0.4, -0.2) is 36.2 Å². The van der Waals surface area contributed by atoms with Crippen molar-refractivity contribution in [3.8, 4) is 0 Å². The maximum Gasteiger partial charge on any atom is 0.244 e. The van der Waals surface area contributed by atoms with Crippen LogP contribution in [0.5, 0.6) is 0 Å². The zero-order valence-corrected chi connectivity index (χ0v) is 16.3. The number of amides is 1. The smallest absolute Gasteiger partial charge is 0.244 e. The number of hydrogen-bond acceptors (Lipinski definition) is 5. The summed E-state index contributed by atoms with van der Waals surface area (Å²) in [6.45, 7) is 0.331. The van der Waals surface area contributed by atoms with Gasteiger partial charge >= 0.3 is 0 Å². The highest BCUT2D eigenvalue weighted by atomic mass is 35.5. The van der Waals surface area contributed by atoms with E-state index in [0.29, 0.717) is 29.5 Å². The second kappa shape index (κ2) is 6.92. The molecule has 1 saturated heterocycles. The molecule has 0 unspecified atom stereocenters. The molecule has 4 rings (SSSR count). The van der Waals surface area contributed by atoms with E-state index in [4.69, 9.17) is 11.6 Å². The second-order valence-electron chi connectivity index (χ2n) is 6.46. The van der Waals surface area contributed by atoms with Gasteiger partial charge in [-0.15, -0.1) is 11.3 Å². The van der Waals surface area contributed by atoms with Crippen molar-refractivity contribution in [1.29, 1.82) is 0 Å². The summed E-state index contributed by atoms with van der Waals surface area (Å²) in [4.78, 5) is 18.5. The number of sulfonamides is 1. The van der Waals surface area contributed by atoms with Gasteiger partial charge < -0.3 is 5.32 Å². The van der Waals surface area contributed by atoms with E-state index in [9.17, 15) is 13.2 Å². The zero-order chi connectivity index (χ0) is 18.3. The van der Waals surface area contributed by atoms with Crippen LogP contribution in [0.4, 0.5) is 5.13 Å². The standard InChI is InChI=1S/C17H18ClN3O3S2/c18-11-6-8-12(9-7-11)26(23,24)21-10-2-4-14(21)16(22)20-17-19-13-3-1-5-15(13)25-17/h6-9,14H,1-5,10H2,(H,19,20,22)/t14-/m0/s1. The minimum absolute atomic E-state index is 0.148. The number of nitrogens with zero attached hydrogens (tertiary/aromatic N) is 2. The van der Waals surface area contributed by atoms with Crippen LogP contribution < -0.4 is 5.32 Å². The summed E-state index contributed by atoms with van der Waals surface area (Å²) in [7, 11) is -3.74. The van der Waals surface area contributed by atoms with Gasteiger partial charge in [0.15, 0.2) is 5.13 Å². The van der Waals surface area contributed by atoms with Gasteiger partial charge in [-0.25, -0.2) is 13.4 Å². The highest BCUT2D eigenvalue weighted by molar-refractivity contribution is 7.89. The van der Waals surface area contributed by atoms with Crippen molar-refractivity contribution in [3.63, 3.8) is 0 Å². The van der Waals surface area contributed by atoms with Crippen LogP contribution in [0.25, 0.3) is 0 Å². The van der Waals surface area contributed by atoms with Crippen LogP contribution in [0.15, 0.2) is 29.2 Å². The monoisotopic (exact) mass is 411 g/mol. The van der Waals surface area contributed by atoms with Gasteiger partial charge in [-0.1, -0.05) is 11.6 Å². The molecule has 2 aromatic rings. The molecule has 0 saturated carbocycles. The lowest BCUT2D eigenvalue weighted by Crippen LogP contribution is -2.43. The Kier molecular flexibility index (Phi) is 4.77. The molecule has 6 nitrogen and oxygen atoms in total. The molecular formula is C17H18ClN3O3S2. The average Bonchev–Trinajstić information content (AvgIpc) is 3.30. The molecule has 138 valence electrons. The maximum atomic E-state index is 12.9. The van der Waals surface area contributed by atoms with Crippen LogP contribution in [-0.2, 0) is 27.7 Å². The summed E-state index contributed by atoms with van der Waals surface area (Å²) in [5.74, 6) is -0.313. The Morgan fingerprint density at radius 1 is 1.23 bits per heavy atom. The largest absolute Gasteiger partial charge is 0.301 e. The fourth-order valence-corrected chi connectivity index (χ4v) is 6.30. The number of rotatable bonds is 4. The van der Waals surface area contributed by atoms with Crippen molar-refractivity contribution < 1.29 is 13.2 Å². The summed E-state index contributed by atoms with van der Waals surface area (Å²) < 4.78 is 27.1. The van der Waals surface area contributed by atoms with E-state index in [1.165, 1.54) is 44.8 Å². The molecule has 1 aliphatic carbocycles. The van der Waals surface area contributed by atoms with Gasteiger partial charge in [-0.3, -0.25) is 4.79 Å². The molecule has 2 heterocycles. The number of carbonyl (C=O) groups excluding carboxylic acids is 1. The Morgan fingerprint density at radius 2 is 2.00 bits per heavy atom. The second-order valence-corrected chi connectivity index (χ2v) is 9.87. The summed E-state index contributed by atoms with van der Waals surface area (Å²) in [6.07, 6.45) is 4.22. The molecule has 0 radical (unpaired) electrons. The van der Waals surface area contributed by atoms with Crippen LogP contribution >= 0.6 is 22.9 Å². The van der Waals surface area contributed by atoms with Crippen molar-refractivity contribution >= 4 is 44.0 Å². The average molecular weight is 412 g/mol. The Morgan fingerprint density at radius 3 is 2.73 bits per heavy atom. The fourth-order valence-electron chi connectivity index (χ4n) is 3.46. The van der Waals surface area contributed by atoms with Gasteiger partial charge in [0.05, 0.1) is 10.6 Å². The Hall–Kier alpha value is -1.48. The Labute approximate surface area is 161 Å². The highest BCUT2D eigenvalue weighted by Gasteiger charge is 2.39. The number of carbonyl (C=O) groups is 1. The van der Waals surface area contributed by atoms with Gasteiger partial charge in [-0.2, -0.15) is 4.31 Å². The van der Waals surface area contributed by atoms with Gasteiger partial charge in [0.25, 0.3) is 0 Å². The molecule has 1 atom stereocenters. The summed E-state index contributed by atoms with van der Waals surface area (Å²) in [5, 5.41) is 3.85. The number of hydrogen-bond donors (Lipinski definition) is 1. The number of benzene rings is 1. The number of anilines is 1.